The fourth-order valence-electron chi connectivity index (χ4n) is 4.27. The number of rotatable bonds is 4. The van der Waals surface area contributed by atoms with Gasteiger partial charge >= 0.3 is 0 Å². The molecule has 1 aliphatic rings. The Kier molecular flexibility index (Phi) is 5.04. The molecule has 0 radical (unpaired) electrons. The Bertz CT molecular complexity index is 1260. The number of benzene rings is 1. The van der Waals surface area contributed by atoms with E-state index in [1.807, 2.05) is 29.8 Å². The molecule has 3 aromatic heterocycles. The van der Waals surface area contributed by atoms with Crippen molar-refractivity contribution in [3.63, 3.8) is 0 Å². The Morgan fingerprint density at radius 3 is 2.50 bits per heavy atom. The number of tetrazole rings is 1. The number of amides is 1. The molecular weight excluding hydrogens is 406 g/mol. The predicted molar refractivity (Wildman–Crippen MR) is 120 cm³/mol. The first-order valence-corrected chi connectivity index (χ1v) is 10.7. The summed E-state index contributed by atoms with van der Waals surface area (Å²) in [6.45, 7) is 7.54. The van der Waals surface area contributed by atoms with Crippen molar-refractivity contribution in [3.8, 4) is 5.69 Å². The molecule has 164 valence electrons. The molecule has 0 unspecified atom stereocenters. The minimum Gasteiger partial charge on any atom is -0.355 e. The molecule has 4 heterocycles. The topological polar surface area (TPSA) is 106 Å². The lowest BCUT2D eigenvalue weighted by Gasteiger charge is -2.31. The summed E-state index contributed by atoms with van der Waals surface area (Å²) in [6, 6.07) is 11.9. The van der Waals surface area contributed by atoms with Crippen LogP contribution in [-0.4, -0.2) is 54.0 Å². The second-order valence-electron chi connectivity index (χ2n) is 8.40. The van der Waals surface area contributed by atoms with E-state index in [4.69, 9.17) is 0 Å². The normalized spacial score (nSPS) is 14.8. The maximum absolute atomic E-state index is 13.1. The highest BCUT2D eigenvalue weighted by Crippen LogP contribution is 2.25. The van der Waals surface area contributed by atoms with E-state index in [9.17, 15) is 4.79 Å². The van der Waals surface area contributed by atoms with E-state index in [0.717, 1.165) is 54.3 Å². The number of piperidine rings is 1. The van der Waals surface area contributed by atoms with E-state index in [1.54, 1.807) is 0 Å². The number of hydrogen-bond donors (Lipinski definition) is 1. The van der Waals surface area contributed by atoms with E-state index in [-0.39, 0.29) is 11.8 Å². The Morgan fingerprint density at radius 2 is 1.75 bits per heavy atom. The second-order valence-corrected chi connectivity index (χ2v) is 8.40. The molecule has 5 rings (SSSR count). The third kappa shape index (κ3) is 3.91. The van der Waals surface area contributed by atoms with E-state index in [0.29, 0.717) is 11.5 Å². The van der Waals surface area contributed by atoms with Gasteiger partial charge in [-0.3, -0.25) is 4.79 Å². The van der Waals surface area contributed by atoms with Gasteiger partial charge in [0.1, 0.15) is 5.82 Å². The minimum atomic E-state index is -0.0640. The van der Waals surface area contributed by atoms with Crippen LogP contribution in [0.25, 0.3) is 11.3 Å². The molecule has 4 aromatic rings. The fourth-order valence-corrected chi connectivity index (χ4v) is 4.27. The maximum atomic E-state index is 13.1. The zero-order chi connectivity index (χ0) is 22.2. The molecule has 0 atom stereocenters. The van der Waals surface area contributed by atoms with Crippen molar-refractivity contribution in [1.82, 2.24) is 35.0 Å². The number of carbonyl (C=O) groups excluding carboxylic acids is 1. The van der Waals surface area contributed by atoms with E-state index >= 15 is 0 Å². The SMILES string of the molecule is Cc1cc(C)cc(-n2nc(C)cc2NC(=O)C2CCN(c3ccc4nnnn4n3)CC2)c1. The van der Waals surface area contributed by atoms with Gasteiger partial charge in [0.15, 0.2) is 11.5 Å². The molecule has 0 aliphatic carbocycles. The summed E-state index contributed by atoms with van der Waals surface area (Å²) >= 11 is 0. The van der Waals surface area contributed by atoms with Gasteiger partial charge in [-0.25, -0.2) is 4.68 Å². The molecule has 1 fully saturated rings. The molecule has 1 aliphatic heterocycles. The number of anilines is 2. The number of nitrogens with one attached hydrogen (secondary N) is 1. The van der Waals surface area contributed by atoms with Crippen molar-refractivity contribution in [2.75, 3.05) is 23.3 Å². The number of aryl methyl sites for hydroxylation is 3. The predicted octanol–water partition coefficient (Wildman–Crippen LogP) is 2.49. The lowest BCUT2D eigenvalue weighted by Crippen LogP contribution is -2.39. The first-order chi connectivity index (χ1) is 15.5. The van der Waals surface area contributed by atoms with Crippen LogP contribution < -0.4 is 10.2 Å². The molecule has 1 amide bonds. The molecule has 0 spiro atoms. The van der Waals surface area contributed by atoms with Crippen LogP contribution >= 0.6 is 0 Å². The largest absolute Gasteiger partial charge is 0.355 e. The standard InChI is InChI=1S/C22H25N9O/c1-14-10-15(2)12-18(11-14)30-21(13-16(3)25-30)23-22(32)17-6-8-29(9-7-17)20-5-4-19-24-27-28-31(19)26-20/h4-5,10-13,17H,6-9H2,1-3H3,(H,23,32). The lowest BCUT2D eigenvalue weighted by molar-refractivity contribution is -0.120. The van der Waals surface area contributed by atoms with Crippen molar-refractivity contribution in [2.45, 2.75) is 33.6 Å². The molecule has 1 aromatic carbocycles. The Balaban J connectivity index is 1.27. The van der Waals surface area contributed by atoms with Crippen molar-refractivity contribution in [1.29, 1.82) is 0 Å². The Morgan fingerprint density at radius 1 is 1.00 bits per heavy atom. The molecule has 1 N–H and O–H groups in total. The molecular formula is C22H25N9O. The zero-order valence-corrected chi connectivity index (χ0v) is 18.4. The fraction of sp³-hybridized carbons (Fsp3) is 0.364. The van der Waals surface area contributed by atoms with Crippen molar-refractivity contribution >= 4 is 23.2 Å². The quantitative estimate of drug-likeness (QED) is 0.529. The molecule has 0 bridgehead atoms. The second kappa shape index (κ2) is 8.03. The number of aromatic nitrogens is 7. The van der Waals surface area contributed by atoms with Gasteiger partial charge in [-0.1, -0.05) is 6.07 Å². The van der Waals surface area contributed by atoms with Gasteiger partial charge in [0.25, 0.3) is 0 Å². The third-order valence-corrected chi connectivity index (χ3v) is 5.78. The summed E-state index contributed by atoms with van der Waals surface area (Å²) in [4.78, 5) is 15.2. The van der Waals surface area contributed by atoms with Gasteiger partial charge in [-0.15, -0.1) is 14.8 Å². The molecule has 10 heteroatoms. The van der Waals surface area contributed by atoms with Crippen molar-refractivity contribution in [2.24, 2.45) is 5.92 Å². The van der Waals surface area contributed by atoms with Crippen LogP contribution in [0.4, 0.5) is 11.6 Å². The van der Waals surface area contributed by atoms with Crippen LogP contribution in [0, 0.1) is 26.7 Å². The third-order valence-electron chi connectivity index (χ3n) is 5.78. The van der Waals surface area contributed by atoms with Gasteiger partial charge in [0.05, 0.1) is 11.4 Å². The van der Waals surface area contributed by atoms with Crippen molar-refractivity contribution < 1.29 is 4.79 Å². The summed E-state index contributed by atoms with van der Waals surface area (Å²) in [7, 11) is 0. The summed E-state index contributed by atoms with van der Waals surface area (Å²) in [6.07, 6.45) is 1.50. The first-order valence-electron chi connectivity index (χ1n) is 10.7. The minimum absolute atomic E-state index is 0.0269. The maximum Gasteiger partial charge on any atom is 0.228 e. The number of hydrogen-bond acceptors (Lipinski definition) is 7. The lowest BCUT2D eigenvalue weighted by atomic mass is 9.96. The van der Waals surface area contributed by atoms with E-state index in [2.05, 4.69) is 68.0 Å². The number of nitrogens with zero attached hydrogens (tertiary/aromatic N) is 8. The number of carbonyl (C=O) groups is 1. The first kappa shape index (κ1) is 20.1. The molecule has 10 nitrogen and oxygen atoms in total. The average Bonchev–Trinajstić information content (AvgIpc) is 3.38. The summed E-state index contributed by atoms with van der Waals surface area (Å²) in [5, 5.41) is 23.5. The Hall–Kier alpha value is -3.82. The summed E-state index contributed by atoms with van der Waals surface area (Å²) in [5.74, 6) is 1.47. The average molecular weight is 432 g/mol. The zero-order valence-electron chi connectivity index (χ0n) is 18.4. The smallest absolute Gasteiger partial charge is 0.228 e. The molecule has 1 saturated heterocycles. The van der Waals surface area contributed by atoms with E-state index < -0.39 is 0 Å². The number of fused-ring (bicyclic) bond motifs is 1. The van der Waals surface area contributed by atoms with Crippen molar-refractivity contribution in [3.05, 3.63) is 53.2 Å². The monoisotopic (exact) mass is 431 g/mol. The van der Waals surface area contributed by atoms with Crippen LogP contribution in [0.15, 0.2) is 36.4 Å². The van der Waals surface area contributed by atoms with E-state index in [1.165, 1.54) is 4.63 Å². The molecule has 32 heavy (non-hydrogen) atoms. The van der Waals surface area contributed by atoms with Gasteiger partial charge in [-0.2, -0.15) is 5.10 Å². The summed E-state index contributed by atoms with van der Waals surface area (Å²) < 4.78 is 3.23. The van der Waals surface area contributed by atoms with Gasteiger partial charge in [0, 0.05) is 25.1 Å². The van der Waals surface area contributed by atoms with Crippen LogP contribution in [-0.2, 0) is 4.79 Å². The van der Waals surface area contributed by atoms with Crippen LogP contribution in [0.1, 0.15) is 29.7 Å². The summed E-state index contributed by atoms with van der Waals surface area (Å²) in [5.41, 5.74) is 4.74. The molecule has 0 saturated carbocycles. The van der Waals surface area contributed by atoms with Gasteiger partial charge in [-0.05, 0) is 79.4 Å². The Labute approximate surface area is 185 Å². The highest BCUT2D eigenvalue weighted by Gasteiger charge is 2.27. The van der Waals surface area contributed by atoms with Gasteiger partial charge in [0.2, 0.25) is 5.91 Å². The van der Waals surface area contributed by atoms with Crippen LogP contribution in [0.3, 0.4) is 0 Å². The highest BCUT2D eigenvalue weighted by atomic mass is 16.2. The highest BCUT2D eigenvalue weighted by molar-refractivity contribution is 5.92. The van der Waals surface area contributed by atoms with Gasteiger partial charge < -0.3 is 10.2 Å². The van der Waals surface area contributed by atoms with Crippen LogP contribution in [0.2, 0.25) is 0 Å². The van der Waals surface area contributed by atoms with Crippen LogP contribution in [0.5, 0.6) is 0 Å².